The fraction of sp³-hybridized carbons (Fsp3) is 0.615. The van der Waals surface area contributed by atoms with Gasteiger partial charge in [-0.3, -0.25) is 10.1 Å². The van der Waals surface area contributed by atoms with E-state index in [1.807, 2.05) is 12.1 Å². The molecule has 1 aromatic carbocycles. The van der Waals surface area contributed by atoms with Crippen LogP contribution in [-0.2, 0) is 17.4 Å². The first-order valence-corrected chi connectivity index (χ1v) is 14.0. The fourth-order valence-corrected chi connectivity index (χ4v) is 6.30. The lowest BCUT2D eigenvalue weighted by Crippen LogP contribution is -2.53. The molecule has 0 spiro atoms. The number of nitrogens with zero attached hydrogens (tertiary/aromatic N) is 4. The Labute approximate surface area is 229 Å². The summed E-state index contributed by atoms with van der Waals surface area (Å²) in [6, 6.07) is 5.83. The second kappa shape index (κ2) is 12.6. The molecule has 1 saturated carbocycles. The Balaban J connectivity index is 1.39. The van der Waals surface area contributed by atoms with Crippen molar-refractivity contribution < 1.29 is 27.2 Å². The number of alkyl halides is 3. The summed E-state index contributed by atoms with van der Waals surface area (Å²) >= 11 is 0.276. The zero-order valence-corrected chi connectivity index (χ0v) is 22.8. The number of carbonyl (C=O) groups is 2. The monoisotopic (exact) mass is 570 g/mol. The number of rotatable bonds is 7. The first kappa shape index (κ1) is 29.2. The summed E-state index contributed by atoms with van der Waals surface area (Å²) in [7, 11) is 1.79. The maximum atomic E-state index is 13.3. The molecule has 2 fully saturated rings. The number of piperidine rings is 1. The lowest BCUT2D eigenvalue weighted by atomic mass is 9.80. The molecule has 0 bridgehead atoms. The summed E-state index contributed by atoms with van der Waals surface area (Å²) in [5.74, 6) is 0.206. The number of nitrogens with one attached hydrogen (secondary N) is 2. The van der Waals surface area contributed by atoms with E-state index in [0.717, 1.165) is 44.5 Å². The molecular formula is C26H34F4N6O2S. The van der Waals surface area contributed by atoms with Crippen LogP contribution in [0.5, 0.6) is 0 Å². The molecule has 1 aliphatic carbocycles. The molecule has 1 aromatic heterocycles. The van der Waals surface area contributed by atoms with E-state index in [2.05, 4.69) is 25.7 Å². The molecule has 4 atom stereocenters. The Hall–Kier alpha value is -2.80. The molecule has 1 unspecified atom stereocenters. The van der Waals surface area contributed by atoms with Crippen molar-refractivity contribution in [2.75, 3.05) is 32.0 Å². The van der Waals surface area contributed by atoms with Gasteiger partial charge in [0.05, 0.1) is 0 Å². The van der Waals surface area contributed by atoms with E-state index in [4.69, 9.17) is 0 Å². The quantitative estimate of drug-likeness (QED) is 0.468. The van der Waals surface area contributed by atoms with Gasteiger partial charge in [0.1, 0.15) is 5.82 Å². The molecule has 1 aliphatic heterocycles. The third kappa shape index (κ3) is 8.10. The van der Waals surface area contributed by atoms with Gasteiger partial charge in [0.2, 0.25) is 16.0 Å². The second-order valence-corrected chi connectivity index (χ2v) is 11.5. The number of anilines is 1. The molecule has 2 heterocycles. The van der Waals surface area contributed by atoms with Crippen LogP contribution in [0.4, 0.5) is 27.5 Å². The number of urea groups is 1. The van der Waals surface area contributed by atoms with Crippen LogP contribution in [0.1, 0.15) is 49.6 Å². The van der Waals surface area contributed by atoms with Crippen LogP contribution in [-0.4, -0.2) is 70.7 Å². The van der Waals surface area contributed by atoms with Crippen molar-refractivity contribution in [3.8, 4) is 0 Å². The van der Waals surface area contributed by atoms with Gasteiger partial charge < -0.3 is 15.1 Å². The van der Waals surface area contributed by atoms with Crippen LogP contribution in [0, 0.1) is 17.7 Å². The summed E-state index contributed by atoms with van der Waals surface area (Å²) < 4.78 is 51.8. The number of aromatic nitrogens is 2. The summed E-state index contributed by atoms with van der Waals surface area (Å²) in [6.45, 7) is 4.07. The predicted molar refractivity (Wildman–Crippen MR) is 140 cm³/mol. The maximum Gasteiger partial charge on any atom is 0.445 e. The summed E-state index contributed by atoms with van der Waals surface area (Å²) in [6.07, 6.45) is 0.412. The highest BCUT2D eigenvalue weighted by molar-refractivity contribution is 7.15. The third-order valence-electron chi connectivity index (χ3n) is 7.74. The number of hydrogen-bond acceptors (Lipinski definition) is 6. The summed E-state index contributed by atoms with van der Waals surface area (Å²) in [5.41, 5.74) is 1.10. The Morgan fingerprint density at radius 2 is 1.90 bits per heavy atom. The van der Waals surface area contributed by atoms with Crippen LogP contribution in [0.25, 0.3) is 0 Å². The van der Waals surface area contributed by atoms with E-state index < -0.39 is 17.2 Å². The molecule has 2 N–H and O–H groups in total. The van der Waals surface area contributed by atoms with E-state index in [9.17, 15) is 27.2 Å². The number of carbonyl (C=O) groups excluding carboxylic acids is 2. The van der Waals surface area contributed by atoms with E-state index in [1.54, 1.807) is 11.9 Å². The van der Waals surface area contributed by atoms with E-state index in [0.29, 0.717) is 25.2 Å². The molecule has 2 aliphatic rings. The van der Waals surface area contributed by atoms with Gasteiger partial charge in [-0.05, 0) is 74.6 Å². The number of halogens is 4. The molecule has 13 heteroatoms. The highest BCUT2D eigenvalue weighted by Gasteiger charge is 2.37. The normalized spacial score (nSPS) is 24.3. The summed E-state index contributed by atoms with van der Waals surface area (Å²) in [4.78, 5) is 28.9. The van der Waals surface area contributed by atoms with Gasteiger partial charge in [-0.2, -0.15) is 13.2 Å². The van der Waals surface area contributed by atoms with Crippen molar-refractivity contribution in [3.05, 3.63) is 40.7 Å². The van der Waals surface area contributed by atoms with Crippen molar-refractivity contribution in [2.24, 2.45) is 11.8 Å². The average Bonchev–Trinajstić information content (AvgIpc) is 3.35. The van der Waals surface area contributed by atoms with E-state index >= 15 is 0 Å². The van der Waals surface area contributed by atoms with Crippen molar-refractivity contribution in [3.63, 3.8) is 0 Å². The van der Waals surface area contributed by atoms with Crippen molar-refractivity contribution in [2.45, 2.75) is 63.7 Å². The molecule has 2 aromatic rings. The predicted octanol–water partition coefficient (Wildman–Crippen LogP) is 4.79. The fourth-order valence-electron chi connectivity index (χ4n) is 5.70. The minimum absolute atomic E-state index is 0.0167. The Bertz CT molecular complexity index is 1130. The van der Waals surface area contributed by atoms with E-state index in [1.165, 1.54) is 19.1 Å². The van der Waals surface area contributed by atoms with Crippen molar-refractivity contribution in [1.82, 2.24) is 25.3 Å². The number of likely N-dealkylation sites (tertiary alicyclic amines) is 1. The van der Waals surface area contributed by atoms with Crippen LogP contribution < -0.4 is 10.6 Å². The summed E-state index contributed by atoms with van der Waals surface area (Å²) in [5, 5.41) is 10.5. The molecule has 39 heavy (non-hydrogen) atoms. The molecular weight excluding hydrogens is 536 g/mol. The third-order valence-corrected chi connectivity index (χ3v) is 8.62. The largest absolute Gasteiger partial charge is 0.445 e. The number of hydrogen-bond donors (Lipinski definition) is 2. The van der Waals surface area contributed by atoms with Crippen LogP contribution in [0.3, 0.4) is 0 Å². The van der Waals surface area contributed by atoms with Gasteiger partial charge in [-0.1, -0.05) is 23.5 Å². The SMILES string of the molecule is CC(=O)N(C)[C@@H]1CCC(NC(=O)Nc2nnc(C(F)(F)F)s2)[C@H](CN2CCC[C@@H](Cc3ccc(F)cc3)C2)C1. The Morgan fingerprint density at radius 1 is 1.15 bits per heavy atom. The first-order chi connectivity index (χ1) is 18.5. The topological polar surface area (TPSA) is 90.5 Å². The zero-order valence-electron chi connectivity index (χ0n) is 22.0. The lowest BCUT2D eigenvalue weighted by Gasteiger charge is -2.43. The molecule has 1 saturated heterocycles. The van der Waals surface area contributed by atoms with Gasteiger partial charge in [0.15, 0.2) is 0 Å². The van der Waals surface area contributed by atoms with Crippen molar-refractivity contribution >= 4 is 28.4 Å². The highest BCUT2D eigenvalue weighted by Crippen LogP contribution is 2.34. The Morgan fingerprint density at radius 3 is 2.56 bits per heavy atom. The second-order valence-electron chi connectivity index (χ2n) is 10.6. The van der Waals surface area contributed by atoms with Gasteiger partial charge in [-0.25, -0.2) is 9.18 Å². The standard InChI is InChI=1S/C26H34F4N6O2S/c1-16(37)35(2)21-9-10-22(31-24(38)32-25-34-33-23(39-25)26(28,29)30)19(13-21)15-36-11-3-4-18(14-36)12-17-5-7-20(27)8-6-17/h5-8,18-19,21-22H,3-4,9-15H2,1-2H3,(H2,31,32,34,38)/t18-,19-,21+,22?/m0/s1. The lowest BCUT2D eigenvalue weighted by molar-refractivity contribution is -0.138. The molecule has 4 rings (SSSR count). The first-order valence-electron chi connectivity index (χ1n) is 13.2. The minimum Gasteiger partial charge on any atom is -0.343 e. The van der Waals surface area contributed by atoms with Gasteiger partial charge in [0, 0.05) is 39.1 Å². The van der Waals surface area contributed by atoms with Crippen LogP contribution in [0.15, 0.2) is 24.3 Å². The van der Waals surface area contributed by atoms with Gasteiger partial charge in [0.25, 0.3) is 0 Å². The molecule has 214 valence electrons. The smallest absolute Gasteiger partial charge is 0.343 e. The van der Waals surface area contributed by atoms with Crippen LogP contribution in [0.2, 0.25) is 0 Å². The van der Waals surface area contributed by atoms with Crippen LogP contribution >= 0.6 is 11.3 Å². The van der Waals surface area contributed by atoms with Crippen molar-refractivity contribution in [1.29, 1.82) is 0 Å². The minimum atomic E-state index is -4.62. The maximum absolute atomic E-state index is 13.3. The Kier molecular flexibility index (Phi) is 9.42. The van der Waals surface area contributed by atoms with E-state index in [-0.39, 0.29) is 46.2 Å². The van der Waals surface area contributed by atoms with Gasteiger partial charge in [-0.15, -0.1) is 10.2 Å². The van der Waals surface area contributed by atoms with Gasteiger partial charge >= 0.3 is 12.2 Å². The number of amides is 3. The number of benzene rings is 1. The average molecular weight is 571 g/mol. The zero-order chi connectivity index (χ0) is 28.2. The molecule has 8 nitrogen and oxygen atoms in total. The molecule has 3 amide bonds. The molecule has 0 radical (unpaired) electrons. The highest BCUT2D eigenvalue weighted by atomic mass is 32.1.